The van der Waals surface area contributed by atoms with Crippen LogP contribution < -0.4 is 16.0 Å². The maximum absolute atomic E-state index is 12.6. The van der Waals surface area contributed by atoms with Gasteiger partial charge in [0.05, 0.1) is 0 Å². The number of unbranched alkanes of at least 4 members (excludes halogenated alkanes) is 2. The molecule has 0 aliphatic carbocycles. The number of piperidine rings is 1. The predicted octanol–water partition coefficient (Wildman–Crippen LogP) is 2.36. The van der Waals surface area contributed by atoms with Gasteiger partial charge in [-0.3, -0.25) is 14.4 Å². The Morgan fingerprint density at radius 1 is 1.24 bits per heavy atom. The monoisotopic (exact) mass is 345 g/mol. The zero-order valence-corrected chi connectivity index (χ0v) is 14.7. The molecule has 1 aromatic rings. The molecule has 0 radical (unpaired) electrons. The van der Waals surface area contributed by atoms with Crippen LogP contribution in [0.5, 0.6) is 0 Å². The zero-order valence-electron chi connectivity index (χ0n) is 14.7. The molecule has 1 fully saturated rings. The van der Waals surface area contributed by atoms with E-state index in [0.717, 1.165) is 19.3 Å². The van der Waals surface area contributed by atoms with Gasteiger partial charge in [-0.15, -0.1) is 0 Å². The topological polar surface area (TPSA) is 87.3 Å². The lowest BCUT2D eigenvalue weighted by atomic mass is 10.0. The quantitative estimate of drug-likeness (QED) is 0.632. The van der Waals surface area contributed by atoms with E-state index in [1.807, 2.05) is 30.3 Å². The van der Waals surface area contributed by atoms with Gasteiger partial charge in [-0.05, 0) is 31.4 Å². The van der Waals surface area contributed by atoms with Crippen LogP contribution in [0.3, 0.4) is 0 Å². The van der Waals surface area contributed by atoms with Gasteiger partial charge in [-0.1, -0.05) is 44.4 Å². The van der Waals surface area contributed by atoms with E-state index in [1.165, 1.54) is 0 Å². The number of hydrogen-bond acceptors (Lipinski definition) is 3. The minimum atomic E-state index is -0.599. The van der Waals surface area contributed by atoms with Crippen LogP contribution in [-0.4, -0.2) is 29.8 Å². The summed E-state index contributed by atoms with van der Waals surface area (Å²) in [6.45, 7) is 2.09. The molecule has 1 aliphatic rings. The normalized spacial score (nSPS) is 18.1. The molecule has 3 N–H and O–H groups in total. The van der Waals surface area contributed by atoms with Gasteiger partial charge in [-0.25, -0.2) is 0 Å². The summed E-state index contributed by atoms with van der Waals surface area (Å²) in [5.41, 5.74) is 0.702. The Bertz CT molecular complexity index is 589. The van der Waals surface area contributed by atoms with Gasteiger partial charge >= 0.3 is 0 Å². The number of benzene rings is 1. The number of amides is 3. The van der Waals surface area contributed by atoms with Gasteiger partial charge in [0, 0.05) is 12.1 Å². The van der Waals surface area contributed by atoms with E-state index < -0.39 is 12.1 Å². The van der Waals surface area contributed by atoms with Crippen molar-refractivity contribution in [1.82, 2.24) is 10.6 Å². The SMILES string of the molecule is CCCCC[C@H](NC(=O)[C@@H]1CCCC(=O)N1)C(=O)Nc1ccccc1. The number of carbonyl (C=O) groups is 3. The molecule has 25 heavy (non-hydrogen) atoms. The van der Waals surface area contributed by atoms with E-state index >= 15 is 0 Å². The summed E-state index contributed by atoms with van der Waals surface area (Å²) in [5.74, 6) is -0.613. The minimum absolute atomic E-state index is 0.109. The molecule has 0 unspecified atom stereocenters. The highest BCUT2D eigenvalue weighted by Crippen LogP contribution is 2.12. The number of rotatable bonds is 8. The van der Waals surface area contributed by atoms with Crippen LogP contribution in [-0.2, 0) is 14.4 Å². The lowest BCUT2D eigenvalue weighted by Gasteiger charge is -2.25. The van der Waals surface area contributed by atoms with E-state index in [0.29, 0.717) is 31.4 Å². The first-order valence-electron chi connectivity index (χ1n) is 9.05. The molecule has 1 saturated heterocycles. The fraction of sp³-hybridized carbons (Fsp3) is 0.526. The third-order valence-corrected chi connectivity index (χ3v) is 4.32. The summed E-state index contributed by atoms with van der Waals surface area (Å²) < 4.78 is 0. The summed E-state index contributed by atoms with van der Waals surface area (Å²) in [5, 5.41) is 8.36. The van der Waals surface area contributed by atoms with Crippen LogP contribution in [0.15, 0.2) is 30.3 Å². The second kappa shape index (κ2) is 9.81. The number of anilines is 1. The summed E-state index contributed by atoms with van der Waals surface area (Å²) in [4.78, 5) is 36.5. The Hall–Kier alpha value is -2.37. The van der Waals surface area contributed by atoms with Crippen LogP contribution in [0.25, 0.3) is 0 Å². The molecule has 1 aliphatic heterocycles. The molecule has 0 aromatic heterocycles. The van der Waals surface area contributed by atoms with E-state index in [-0.39, 0.29) is 17.7 Å². The highest BCUT2D eigenvalue weighted by Gasteiger charge is 2.28. The summed E-state index contributed by atoms with van der Waals surface area (Å²) >= 11 is 0. The van der Waals surface area contributed by atoms with Gasteiger partial charge in [0.15, 0.2) is 0 Å². The van der Waals surface area contributed by atoms with Crippen molar-refractivity contribution in [2.45, 2.75) is 64.0 Å². The maximum Gasteiger partial charge on any atom is 0.246 e. The molecule has 136 valence electrons. The van der Waals surface area contributed by atoms with Crippen molar-refractivity contribution in [3.63, 3.8) is 0 Å². The van der Waals surface area contributed by atoms with Gasteiger partial charge in [0.1, 0.15) is 12.1 Å². The van der Waals surface area contributed by atoms with Crippen molar-refractivity contribution in [2.75, 3.05) is 5.32 Å². The summed E-state index contributed by atoms with van der Waals surface area (Å²) in [7, 11) is 0. The molecule has 1 aromatic carbocycles. The van der Waals surface area contributed by atoms with E-state index in [1.54, 1.807) is 0 Å². The van der Waals surface area contributed by atoms with Crippen molar-refractivity contribution in [2.24, 2.45) is 0 Å². The number of para-hydroxylation sites is 1. The average Bonchev–Trinajstić information content (AvgIpc) is 2.61. The van der Waals surface area contributed by atoms with Crippen LogP contribution in [0, 0.1) is 0 Å². The van der Waals surface area contributed by atoms with Gasteiger partial charge in [-0.2, -0.15) is 0 Å². The second-order valence-electron chi connectivity index (χ2n) is 6.42. The van der Waals surface area contributed by atoms with Gasteiger partial charge < -0.3 is 16.0 Å². The Kier molecular flexibility index (Phi) is 7.44. The highest BCUT2D eigenvalue weighted by molar-refractivity contribution is 5.98. The third-order valence-electron chi connectivity index (χ3n) is 4.32. The first-order valence-corrected chi connectivity index (χ1v) is 9.05. The third kappa shape index (κ3) is 6.21. The largest absolute Gasteiger partial charge is 0.344 e. The Morgan fingerprint density at radius 3 is 2.68 bits per heavy atom. The lowest BCUT2D eigenvalue weighted by Crippen LogP contribution is -2.53. The molecule has 6 nitrogen and oxygen atoms in total. The Balaban J connectivity index is 1.97. The summed E-state index contributed by atoms with van der Waals surface area (Å²) in [6, 6.07) is 8.05. The van der Waals surface area contributed by atoms with Crippen LogP contribution in [0.4, 0.5) is 5.69 Å². The molecule has 2 atom stereocenters. The van der Waals surface area contributed by atoms with Crippen molar-refractivity contribution in [3.05, 3.63) is 30.3 Å². The maximum atomic E-state index is 12.6. The molecule has 6 heteroatoms. The van der Waals surface area contributed by atoms with Crippen LogP contribution in [0.2, 0.25) is 0 Å². The zero-order chi connectivity index (χ0) is 18.1. The van der Waals surface area contributed by atoms with E-state index in [4.69, 9.17) is 0 Å². The number of nitrogens with one attached hydrogen (secondary N) is 3. The fourth-order valence-electron chi connectivity index (χ4n) is 2.89. The average molecular weight is 345 g/mol. The first kappa shape index (κ1) is 19.0. The minimum Gasteiger partial charge on any atom is -0.344 e. The van der Waals surface area contributed by atoms with E-state index in [2.05, 4.69) is 22.9 Å². The predicted molar refractivity (Wildman–Crippen MR) is 96.9 cm³/mol. The smallest absolute Gasteiger partial charge is 0.246 e. The second-order valence-corrected chi connectivity index (χ2v) is 6.42. The molecule has 3 amide bonds. The Morgan fingerprint density at radius 2 is 2.00 bits per heavy atom. The molecule has 1 heterocycles. The highest BCUT2D eigenvalue weighted by atomic mass is 16.2. The number of carbonyl (C=O) groups excluding carboxylic acids is 3. The fourth-order valence-corrected chi connectivity index (χ4v) is 2.89. The van der Waals surface area contributed by atoms with Gasteiger partial charge in [0.25, 0.3) is 0 Å². The molecule has 0 bridgehead atoms. The lowest BCUT2D eigenvalue weighted by molar-refractivity contribution is -0.132. The van der Waals surface area contributed by atoms with Crippen LogP contribution in [0.1, 0.15) is 51.9 Å². The molecule has 0 spiro atoms. The molecular formula is C19H27N3O3. The van der Waals surface area contributed by atoms with E-state index in [9.17, 15) is 14.4 Å². The number of hydrogen-bond donors (Lipinski definition) is 3. The van der Waals surface area contributed by atoms with Crippen molar-refractivity contribution < 1.29 is 14.4 Å². The molecule has 2 rings (SSSR count). The summed E-state index contributed by atoms with van der Waals surface area (Å²) in [6.07, 6.45) is 5.25. The van der Waals surface area contributed by atoms with Crippen molar-refractivity contribution in [3.8, 4) is 0 Å². The molecule has 0 saturated carbocycles. The Labute approximate surface area is 148 Å². The molecular weight excluding hydrogens is 318 g/mol. The van der Waals surface area contributed by atoms with Crippen molar-refractivity contribution in [1.29, 1.82) is 0 Å². The first-order chi connectivity index (χ1) is 12.1. The standard InChI is InChI=1S/C19H27N3O3/c1-2-3-5-11-16(18(24)20-14-9-6-4-7-10-14)22-19(25)15-12-8-13-17(23)21-15/h4,6-7,9-10,15-16H,2-3,5,8,11-13H2,1H3,(H,20,24)(H,21,23)(H,22,25)/t15-,16-/m0/s1. The van der Waals surface area contributed by atoms with Crippen LogP contribution >= 0.6 is 0 Å². The van der Waals surface area contributed by atoms with Crippen molar-refractivity contribution >= 4 is 23.4 Å². The van der Waals surface area contributed by atoms with Gasteiger partial charge in [0.2, 0.25) is 17.7 Å².